The van der Waals surface area contributed by atoms with Gasteiger partial charge in [0.25, 0.3) is 0 Å². The molecule has 4 heteroatoms. The van der Waals surface area contributed by atoms with Gasteiger partial charge in [0.1, 0.15) is 6.04 Å². The first-order chi connectivity index (χ1) is 13.7. The lowest BCUT2D eigenvalue weighted by Crippen LogP contribution is -2.04. The van der Waals surface area contributed by atoms with Crippen LogP contribution >= 0.6 is 0 Å². The largest absolute Gasteiger partial charge is 0.493 e. The molecular formula is C24H24N2O2. The van der Waals surface area contributed by atoms with Crippen molar-refractivity contribution in [3.05, 3.63) is 77.4 Å². The molecule has 1 heterocycles. The van der Waals surface area contributed by atoms with Crippen LogP contribution in [0.4, 0.5) is 0 Å². The summed E-state index contributed by atoms with van der Waals surface area (Å²) in [6.45, 7) is 2.08. The molecule has 0 bridgehead atoms. The average molecular weight is 372 g/mol. The first-order valence-electron chi connectivity index (χ1n) is 9.50. The van der Waals surface area contributed by atoms with Gasteiger partial charge in [-0.25, -0.2) is 0 Å². The van der Waals surface area contributed by atoms with E-state index in [4.69, 9.17) is 9.47 Å². The van der Waals surface area contributed by atoms with Crippen molar-refractivity contribution in [3.8, 4) is 11.5 Å². The maximum Gasteiger partial charge on any atom is 0.161 e. The lowest BCUT2D eigenvalue weighted by molar-refractivity contribution is 0.354. The molecule has 2 unspecified atom stereocenters. The molecule has 1 aliphatic heterocycles. The van der Waals surface area contributed by atoms with Crippen molar-refractivity contribution in [3.63, 3.8) is 0 Å². The molecule has 4 nitrogen and oxygen atoms in total. The van der Waals surface area contributed by atoms with Crippen LogP contribution in [0.25, 0.3) is 16.8 Å². The highest BCUT2D eigenvalue weighted by molar-refractivity contribution is 5.90. The van der Waals surface area contributed by atoms with Gasteiger partial charge in [-0.3, -0.25) is 0 Å². The minimum Gasteiger partial charge on any atom is -0.493 e. The molecule has 0 aromatic heterocycles. The fraction of sp³-hybridized carbons (Fsp3) is 0.250. The van der Waals surface area contributed by atoms with E-state index < -0.39 is 0 Å². The van der Waals surface area contributed by atoms with E-state index in [1.807, 2.05) is 6.07 Å². The number of nitrogens with zero attached hydrogens (tertiary/aromatic N) is 2. The van der Waals surface area contributed by atoms with Crippen molar-refractivity contribution in [2.45, 2.75) is 25.4 Å². The second-order valence-electron chi connectivity index (χ2n) is 7.06. The third-order valence-corrected chi connectivity index (χ3v) is 5.15. The topological polar surface area (TPSA) is 43.2 Å². The van der Waals surface area contributed by atoms with Gasteiger partial charge in [-0.05, 0) is 52.9 Å². The lowest BCUT2D eigenvalue weighted by atomic mass is 9.95. The number of hydrogen-bond donors (Lipinski definition) is 0. The van der Waals surface area contributed by atoms with Crippen LogP contribution in [0.15, 0.2) is 70.9 Å². The molecule has 0 N–H and O–H groups in total. The molecule has 2 atom stereocenters. The minimum atomic E-state index is -0.154. The Kier molecular flexibility index (Phi) is 5.11. The highest BCUT2D eigenvalue weighted by Crippen LogP contribution is 2.37. The summed E-state index contributed by atoms with van der Waals surface area (Å²) in [6.07, 6.45) is 5.09. The second kappa shape index (κ2) is 7.85. The van der Waals surface area contributed by atoms with Gasteiger partial charge in [-0.1, -0.05) is 54.6 Å². The molecule has 28 heavy (non-hydrogen) atoms. The van der Waals surface area contributed by atoms with E-state index >= 15 is 0 Å². The van der Waals surface area contributed by atoms with Gasteiger partial charge in [-0.2, -0.15) is 10.2 Å². The number of benzene rings is 3. The Bertz CT molecular complexity index is 1050. The summed E-state index contributed by atoms with van der Waals surface area (Å²) in [6, 6.07) is 18.8. The summed E-state index contributed by atoms with van der Waals surface area (Å²) in [5.74, 6) is 1.46. The number of ether oxygens (including phenoxy) is 2. The summed E-state index contributed by atoms with van der Waals surface area (Å²) in [4.78, 5) is 0. The van der Waals surface area contributed by atoms with E-state index in [-0.39, 0.29) is 12.1 Å². The molecule has 0 saturated heterocycles. The van der Waals surface area contributed by atoms with Crippen molar-refractivity contribution in [1.29, 1.82) is 0 Å². The minimum absolute atomic E-state index is 0.132. The number of azo groups is 1. The first-order valence-corrected chi connectivity index (χ1v) is 9.50. The summed E-state index contributed by atoms with van der Waals surface area (Å²) in [5.41, 5.74) is 3.48. The van der Waals surface area contributed by atoms with Gasteiger partial charge >= 0.3 is 0 Å². The Balaban J connectivity index is 1.77. The molecule has 0 amide bonds. The van der Waals surface area contributed by atoms with Crippen molar-refractivity contribution in [2.75, 3.05) is 14.2 Å². The average Bonchev–Trinajstić information content (AvgIpc) is 2.88. The smallest absolute Gasteiger partial charge is 0.161 e. The molecule has 0 saturated carbocycles. The van der Waals surface area contributed by atoms with Gasteiger partial charge < -0.3 is 9.47 Å². The molecule has 4 rings (SSSR count). The van der Waals surface area contributed by atoms with Crippen LogP contribution in [0.2, 0.25) is 0 Å². The van der Waals surface area contributed by atoms with Gasteiger partial charge in [0, 0.05) is 0 Å². The normalized spacial score (nSPS) is 18.8. The summed E-state index contributed by atoms with van der Waals surface area (Å²) < 4.78 is 11.0. The standard InChI is InChI=1S/C24H24N2O2/c1-16-13-19-14-23(27-2)24(28-3)15-21(19)22(26-25-16)12-11-18-9-6-8-17-7-4-5-10-20(17)18/h4-12,14-16,22H,13H2,1-3H3. The molecule has 142 valence electrons. The van der Waals surface area contributed by atoms with Gasteiger partial charge in [0.2, 0.25) is 0 Å². The summed E-state index contributed by atoms with van der Waals surface area (Å²) >= 11 is 0. The van der Waals surface area contributed by atoms with E-state index in [1.54, 1.807) is 14.2 Å². The second-order valence-corrected chi connectivity index (χ2v) is 7.06. The number of fused-ring (bicyclic) bond motifs is 2. The number of methoxy groups -OCH3 is 2. The van der Waals surface area contributed by atoms with Crippen LogP contribution in [0, 0.1) is 0 Å². The van der Waals surface area contributed by atoms with Crippen LogP contribution in [0.1, 0.15) is 29.7 Å². The Hall–Kier alpha value is -3.14. The molecular weight excluding hydrogens is 348 g/mol. The Labute approximate surface area is 165 Å². The quantitative estimate of drug-likeness (QED) is 0.563. The Morgan fingerprint density at radius 2 is 1.68 bits per heavy atom. The zero-order valence-corrected chi connectivity index (χ0v) is 16.4. The van der Waals surface area contributed by atoms with Crippen molar-refractivity contribution >= 4 is 16.8 Å². The lowest BCUT2D eigenvalue weighted by Gasteiger charge is -2.16. The predicted octanol–water partition coefficient (Wildman–Crippen LogP) is 6.01. The first kappa shape index (κ1) is 18.2. The van der Waals surface area contributed by atoms with Gasteiger partial charge in [0.05, 0.1) is 20.3 Å². The zero-order chi connectivity index (χ0) is 19.5. The van der Waals surface area contributed by atoms with Gasteiger partial charge in [0.15, 0.2) is 11.5 Å². The van der Waals surface area contributed by atoms with Crippen LogP contribution in [-0.4, -0.2) is 20.3 Å². The summed E-state index contributed by atoms with van der Waals surface area (Å²) in [5, 5.41) is 11.6. The van der Waals surface area contributed by atoms with Crippen LogP contribution in [0.5, 0.6) is 11.5 Å². The molecule has 0 fully saturated rings. The molecule has 3 aromatic rings. The number of rotatable bonds is 4. The molecule has 0 radical (unpaired) electrons. The fourth-order valence-corrected chi connectivity index (χ4v) is 3.73. The molecule has 3 aromatic carbocycles. The van der Waals surface area contributed by atoms with E-state index in [0.29, 0.717) is 0 Å². The third-order valence-electron chi connectivity index (χ3n) is 5.15. The van der Waals surface area contributed by atoms with Crippen LogP contribution < -0.4 is 9.47 Å². The van der Waals surface area contributed by atoms with E-state index in [0.717, 1.165) is 23.5 Å². The molecule has 0 aliphatic carbocycles. The van der Waals surface area contributed by atoms with Gasteiger partial charge in [-0.15, -0.1) is 0 Å². The third kappa shape index (κ3) is 3.50. The zero-order valence-electron chi connectivity index (χ0n) is 16.4. The summed E-state index contributed by atoms with van der Waals surface area (Å²) in [7, 11) is 3.32. The van der Waals surface area contributed by atoms with Crippen LogP contribution in [-0.2, 0) is 6.42 Å². The Morgan fingerprint density at radius 1 is 0.929 bits per heavy atom. The molecule has 0 spiro atoms. The maximum absolute atomic E-state index is 5.52. The monoisotopic (exact) mass is 372 g/mol. The molecule has 1 aliphatic rings. The SMILES string of the molecule is COc1cc2c(cc1OC)C(C=Cc1cccc3ccccc13)N=NC(C)C2. The number of hydrogen-bond acceptors (Lipinski definition) is 4. The fourth-order valence-electron chi connectivity index (χ4n) is 3.73. The Morgan fingerprint density at radius 3 is 2.50 bits per heavy atom. The highest BCUT2D eigenvalue weighted by Gasteiger charge is 2.21. The predicted molar refractivity (Wildman–Crippen MR) is 113 cm³/mol. The van der Waals surface area contributed by atoms with E-state index in [2.05, 4.69) is 77.8 Å². The highest BCUT2D eigenvalue weighted by atomic mass is 16.5. The van der Waals surface area contributed by atoms with Crippen molar-refractivity contribution in [2.24, 2.45) is 10.2 Å². The maximum atomic E-state index is 5.52. The van der Waals surface area contributed by atoms with Crippen molar-refractivity contribution < 1.29 is 9.47 Å². The van der Waals surface area contributed by atoms with E-state index in [9.17, 15) is 0 Å². The van der Waals surface area contributed by atoms with E-state index in [1.165, 1.54) is 21.9 Å². The van der Waals surface area contributed by atoms with Crippen LogP contribution in [0.3, 0.4) is 0 Å². The van der Waals surface area contributed by atoms with Crippen molar-refractivity contribution in [1.82, 2.24) is 0 Å².